The number of aromatic amines is 1. The summed E-state index contributed by atoms with van der Waals surface area (Å²) < 4.78 is 38.3. The molecule has 1 N–H and O–H groups in total. The van der Waals surface area contributed by atoms with Gasteiger partial charge in [0.25, 0.3) is 0 Å². The highest BCUT2D eigenvalue weighted by Crippen LogP contribution is 2.34. The Labute approximate surface area is 144 Å². The Morgan fingerprint density at radius 1 is 1.16 bits per heavy atom. The highest BCUT2D eigenvalue weighted by Gasteiger charge is 2.24. The van der Waals surface area contributed by atoms with Crippen LogP contribution in [-0.4, -0.2) is 34.6 Å². The predicted molar refractivity (Wildman–Crippen MR) is 87.3 cm³/mol. The molecule has 136 valence electrons. The molecule has 0 spiro atoms. The van der Waals surface area contributed by atoms with Crippen LogP contribution in [0.25, 0.3) is 11.3 Å². The molecule has 0 radical (unpaired) electrons. The van der Waals surface area contributed by atoms with E-state index in [4.69, 9.17) is 9.47 Å². The molecule has 0 saturated heterocycles. The number of hydrogen-bond acceptors (Lipinski definition) is 5. The summed E-state index contributed by atoms with van der Waals surface area (Å²) in [5, 5.41) is 9.85. The first-order valence-corrected chi connectivity index (χ1v) is 8.28. The second kappa shape index (κ2) is 9.10. The molecule has 0 atom stereocenters. The van der Waals surface area contributed by atoms with E-state index >= 15 is 0 Å². The predicted octanol–water partition coefficient (Wildman–Crippen LogP) is 3.89. The van der Waals surface area contributed by atoms with E-state index in [2.05, 4.69) is 22.3 Å². The molecule has 0 bridgehead atoms. The van der Waals surface area contributed by atoms with Crippen molar-refractivity contribution in [3.05, 3.63) is 29.5 Å². The summed E-state index contributed by atoms with van der Waals surface area (Å²) in [7, 11) is 0. The van der Waals surface area contributed by atoms with Gasteiger partial charge in [-0.15, -0.1) is 5.10 Å². The molecule has 2 aromatic rings. The molecule has 0 aliphatic heterocycles. The van der Waals surface area contributed by atoms with Crippen molar-refractivity contribution in [3.8, 4) is 17.0 Å². The fraction of sp³-hybridized carbons (Fsp3) is 0.471. The monoisotopic (exact) mass is 353 g/mol. The van der Waals surface area contributed by atoms with Crippen LogP contribution in [0.2, 0.25) is 0 Å². The number of esters is 1. The average Bonchev–Trinajstić information content (AvgIpc) is 3.05. The molecule has 1 heterocycles. The molecule has 0 aliphatic rings. The van der Waals surface area contributed by atoms with Gasteiger partial charge in [-0.2, -0.15) is 10.3 Å². The largest absolute Gasteiger partial charge is 0.490 e. The maximum atomic E-state index is 14.2. The van der Waals surface area contributed by atoms with Gasteiger partial charge in [0, 0.05) is 6.07 Å². The number of halogens is 2. The molecule has 0 aliphatic carbocycles. The molecule has 25 heavy (non-hydrogen) atoms. The van der Waals surface area contributed by atoms with Crippen molar-refractivity contribution in [1.82, 2.24) is 15.4 Å². The van der Waals surface area contributed by atoms with Gasteiger partial charge < -0.3 is 9.47 Å². The van der Waals surface area contributed by atoms with Crippen molar-refractivity contribution in [2.24, 2.45) is 0 Å². The van der Waals surface area contributed by atoms with E-state index in [1.54, 1.807) is 6.92 Å². The van der Waals surface area contributed by atoms with E-state index in [1.807, 2.05) is 0 Å². The van der Waals surface area contributed by atoms with E-state index in [1.165, 1.54) is 0 Å². The number of H-pyrrole nitrogens is 1. The minimum absolute atomic E-state index is 0.0135. The number of carbonyl (C=O) groups is 1. The third-order valence-electron chi connectivity index (χ3n) is 3.52. The Bertz CT molecular complexity index is 719. The van der Waals surface area contributed by atoms with Crippen molar-refractivity contribution < 1.29 is 23.0 Å². The molecule has 2 rings (SSSR count). The average molecular weight is 353 g/mol. The van der Waals surface area contributed by atoms with Gasteiger partial charge in [-0.1, -0.05) is 26.2 Å². The Morgan fingerprint density at radius 3 is 2.68 bits per heavy atom. The van der Waals surface area contributed by atoms with Gasteiger partial charge >= 0.3 is 5.97 Å². The van der Waals surface area contributed by atoms with Crippen LogP contribution >= 0.6 is 0 Å². The lowest BCUT2D eigenvalue weighted by molar-refractivity contribution is 0.0520. The molecule has 6 nitrogen and oxygen atoms in total. The summed E-state index contributed by atoms with van der Waals surface area (Å²) in [4.78, 5) is 11.9. The lowest BCUT2D eigenvalue weighted by atomic mass is 10.1. The van der Waals surface area contributed by atoms with Crippen molar-refractivity contribution in [2.75, 3.05) is 13.2 Å². The molecule has 1 aromatic carbocycles. The summed E-state index contributed by atoms with van der Waals surface area (Å²) in [6, 6.07) is 1.79. The highest BCUT2D eigenvalue weighted by molar-refractivity contribution is 5.94. The molecule has 0 amide bonds. The van der Waals surface area contributed by atoms with Crippen molar-refractivity contribution in [2.45, 2.75) is 39.5 Å². The van der Waals surface area contributed by atoms with Gasteiger partial charge in [-0.25, -0.2) is 13.6 Å². The quantitative estimate of drug-likeness (QED) is 0.547. The molecule has 1 aromatic heterocycles. The summed E-state index contributed by atoms with van der Waals surface area (Å²) in [5.74, 6) is -2.55. The van der Waals surface area contributed by atoms with E-state index in [0.29, 0.717) is 0 Å². The van der Waals surface area contributed by atoms with E-state index < -0.39 is 17.6 Å². The Morgan fingerprint density at radius 2 is 1.96 bits per heavy atom. The molecule has 0 saturated carbocycles. The number of unbranched alkanes of at least 4 members (excludes halogenated alkanes) is 3. The van der Waals surface area contributed by atoms with Crippen molar-refractivity contribution >= 4 is 5.97 Å². The first kappa shape index (κ1) is 18.8. The van der Waals surface area contributed by atoms with Gasteiger partial charge in [0.05, 0.1) is 18.8 Å². The number of nitrogens with one attached hydrogen (secondary N) is 1. The summed E-state index contributed by atoms with van der Waals surface area (Å²) >= 11 is 0. The van der Waals surface area contributed by atoms with Crippen LogP contribution in [0.3, 0.4) is 0 Å². The van der Waals surface area contributed by atoms with Crippen LogP contribution in [0.4, 0.5) is 8.78 Å². The maximum Gasteiger partial charge on any atom is 0.361 e. The van der Waals surface area contributed by atoms with Gasteiger partial charge in [0.15, 0.2) is 17.3 Å². The van der Waals surface area contributed by atoms with Crippen LogP contribution in [0.1, 0.15) is 50.0 Å². The Balaban J connectivity index is 2.31. The zero-order valence-corrected chi connectivity index (χ0v) is 14.3. The SMILES string of the molecule is CCCCCCOc1c(F)cc(F)cc1-c1n[nH]nc1C(=O)OCC. The van der Waals surface area contributed by atoms with Gasteiger partial charge in [0.2, 0.25) is 0 Å². The lowest BCUT2D eigenvalue weighted by Crippen LogP contribution is -2.08. The number of ether oxygens (including phenoxy) is 2. The van der Waals surface area contributed by atoms with Crippen LogP contribution in [0, 0.1) is 11.6 Å². The first-order chi connectivity index (χ1) is 12.1. The lowest BCUT2D eigenvalue weighted by Gasteiger charge is -2.12. The third-order valence-corrected chi connectivity index (χ3v) is 3.52. The third kappa shape index (κ3) is 4.74. The zero-order valence-electron chi connectivity index (χ0n) is 14.3. The molecular weight excluding hydrogens is 332 g/mol. The second-order valence-electron chi connectivity index (χ2n) is 5.41. The summed E-state index contributed by atoms with van der Waals surface area (Å²) in [6.45, 7) is 4.15. The van der Waals surface area contributed by atoms with Gasteiger partial charge in [0.1, 0.15) is 11.5 Å². The van der Waals surface area contributed by atoms with Crippen LogP contribution in [0.15, 0.2) is 12.1 Å². The number of aromatic nitrogens is 3. The minimum atomic E-state index is -0.858. The number of carbonyl (C=O) groups excluding carboxylic acids is 1. The van der Waals surface area contributed by atoms with Gasteiger partial charge in [-0.3, -0.25) is 0 Å². The minimum Gasteiger partial charge on any atom is -0.490 e. The fourth-order valence-corrected chi connectivity index (χ4v) is 2.35. The second-order valence-corrected chi connectivity index (χ2v) is 5.41. The molecule has 0 unspecified atom stereocenters. The molecule has 8 heteroatoms. The number of nitrogens with zero attached hydrogens (tertiary/aromatic N) is 2. The standard InChI is InChI=1S/C17H21F2N3O3/c1-3-5-6-7-8-25-16-12(9-11(18)10-13(16)19)14-15(21-22-20-14)17(23)24-4-2/h9-10H,3-8H2,1-2H3,(H,20,21,22). The summed E-state index contributed by atoms with van der Waals surface area (Å²) in [6.07, 6.45) is 3.82. The topological polar surface area (TPSA) is 77.1 Å². The number of benzene rings is 1. The first-order valence-electron chi connectivity index (χ1n) is 8.28. The fourth-order valence-electron chi connectivity index (χ4n) is 2.35. The highest BCUT2D eigenvalue weighted by atomic mass is 19.1. The Kier molecular flexibility index (Phi) is 6.85. The Hall–Kier alpha value is -2.51. The number of rotatable bonds is 9. The van der Waals surface area contributed by atoms with Crippen molar-refractivity contribution in [3.63, 3.8) is 0 Å². The van der Waals surface area contributed by atoms with E-state index in [0.717, 1.165) is 37.8 Å². The van der Waals surface area contributed by atoms with Crippen molar-refractivity contribution in [1.29, 1.82) is 0 Å². The maximum absolute atomic E-state index is 14.2. The molecular formula is C17H21F2N3O3. The van der Waals surface area contributed by atoms with Crippen LogP contribution in [-0.2, 0) is 4.74 Å². The van der Waals surface area contributed by atoms with E-state index in [-0.39, 0.29) is 35.9 Å². The zero-order chi connectivity index (χ0) is 18.2. The van der Waals surface area contributed by atoms with Gasteiger partial charge in [-0.05, 0) is 19.4 Å². The van der Waals surface area contributed by atoms with Crippen LogP contribution in [0.5, 0.6) is 5.75 Å². The molecule has 0 fully saturated rings. The van der Waals surface area contributed by atoms with Crippen LogP contribution < -0.4 is 4.74 Å². The number of hydrogen-bond donors (Lipinski definition) is 1. The summed E-state index contributed by atoms with van der Waals surface area (Å²) in [5.41, 5.74) is -0.145. The normalized spacial score (nSPS) is 10.7. The van der Waals surface area contributed by atoms with E-state index in [9.17, 15) is 13.6 Å². The smallest absolute Gasteiger partial charge is 0.361 e.